The summed E-state index contributed by atoms with van der Waals surface area (Å²) in [5.41, 5.74) is 2.53. The third-order valence-corrected chi connectivity index (χ3v) is 8.77. The number of allylic oxidation sites excluding steroid dienone is 2. The number of hydrogen-bond acceptors (Lipinski definition) is 1. The third-order valence-electron chi connectivity index (χ3n) is 8.77. The van der Waals surface area contributed by atoms with Gasteiger partial charge in [0.2, 0.25) is 0 Å². The highest BCUT2D eigenvalue weighted by atomic mass is 16.1. The number of Topliss-reactive ketones (excluding diaryl/α,β-unsaturated/α-hetero) is 1. The molecular weight excluding hydrogens is 280 g/mol. The third kappa shape index (κ3) is 2.14. The number of ketones is 1. The van der Waals surface area contributed by atoms with Crippen molar-refractivity contribution in [3.05, 3.63) is 11.6 Å². The average Bonchev–Trinajstić information content (AvgIpc) is 2.79. The van der Waals surface area contributed by atoms with Gasteiger partial charge in [0, 0.05) is 12.3 Å². The van der Waals surface area contributed by atoms with Crippen molar-refractivity contribution in [1.82, 2.24) is 0 Å². The molecule has 0 aromatic heterocycles. The Morgan fingerprint density at radius 2 is 1.91 bits per heavy atom. The first-order valence-electron chi connectivity index (χ1n) is 10.2. The van der Waals surface area contributed by atoms with Gasteiger partial charge in [-0.3, -0.25) is 4.79 Å². The van der Waals surface area contributed by atoms with Crippen LogP contribution in [-0.4, -0.2) is 5.78 Å². The molecule has 128 valence electrons. The van der Waals surface area contributed by atoms with Crippen LogP contribution in [0.4, 0.5) is 0 Å². The van der Waals surface area contributed by atoms with Gasteiger partial charge in [-0.15, -0.1) is 0 Å². The van der Waals surface area contributed by atoms with E-state index in [1.165, 1.54) is 51.4 Å². The van der Waals surface area contributed by atoms with Crippen molar-refractivity contribution >= 4 is 5.78 Å². The van der Waals surface area contributed by atoms with Gasteiger partial charge in [0.25, 0.3) is 0 Å². The Labute approximate surface area is 142 Å². The van der Waals surface area contributed by atoms with E-state index in [9.17, 15) is 4.79 Å². The predicted octanol–water partition coefficient (Wildman–Crippen LogP) is 5.93. The van der Waals surface area contributed by atoms with Gasteiger partial charge in [0.05, 0.1) is 0 Å². The lowest BCUT2D eigenvalue weighted by Gasteiger charge is -2.58. The average molecular weight is 315 g/mol. The van der Waals surface area contributed by atoms with Gasteiger partial charge in [-0.25, -0.2) is 0 Å². The number of rotatable bonds is 1. The molecule has 0 aromatic carbocycles. The van der Waals surface area contributed by atoms with E-state index in [0.29, 0.717) is 22.5 Å². The zero-order valence-electron chi connectivity index (χ0n) is 15.4. The molecular formula is C22H34O. The van der Waals surface area contributed by atoms with Crippen molar-refractivity contribution in [3.63, 3.8) is 0 Å². The van der Waals surface area contributed by atoms with Crippen LogP contribution in [0.3, 0.4) is 0 Å². The van der Waals surface area contributed by atoms with Gasteiger partial charge in [0.15, 0.2) is 0 Å². The maximum atomic E-state index is 12.7. The molecule has 0 N–H and O–H groups in total. The van der Waals surface area contributed by atoms with Crippen LogP contribution in [0.15, 0.2) is 11.6 Å². The van der Waals surface area contributed by atoms with Gasteiger partial charge in [-0.1, -0.05) is 38.8 Å². The predicted molar refractivity (Wildman–Crippen MR) is 95.1 cm³/mol. The van der Waals surface area contributed by atoms with Crippen molar-refractivity contribution in [2.45, 2.75) is 85.0 Å². The lowest BCUT2D eigenvalue weighted by molar-refractivity contribution is -0.138. The van der Waals surface area contributed by atoms with Crippen LogP contribution in [0.2, 0.25) is 0 Å². The van der Waals surface area contributed by atoms with Crippen LogP contribution in [0, 0.1) is 34.5 Å². The van der Waals surface area contributed by atoms with Crippen LogP contribution in [-0.2, 0) is 4.79 Å². The second kappa shape index (κ2) is 5.46. The van der Waals surface area contributed by atoms with Gasteiger partial charge < -0.3 is 0 Å². The highest BCUT2D eigenvalue weighted by molar-refractivity contribution is 5.82. The van der Waals surface area contributed by atoms with E-state index < -0.39 is 0 Å². The maximum absolute atomic E-state index is 12.7. The van der Waals surface area contributed by atoms with Crippen molar-refractivity contribution in [2.75, 3.05) is 0 Å². The second-order valence-corrected chi connectivity index (χ2v) is 9.46. The minimum atomic E-state index is 0.312. The zero-order valence-corrected chi connectivity index (χ0v) is 15.4. The van der Waals surface area contributed by atoms with E-state index in [4.69, 9.17) is 0 Å². The van der Waals surface area contributed by atoms with Gasteiger partial charge in [0.1, 0.15) is 5.78 Å². The van der Waals surface area contributed by atoms with Crippen LogP contribution in [0.5, 0.6) is 0 Å². The Kier molecular flexibility index (Phi) is 3.78. The van der Waals surface area contributed by atoms with E-state index in [1.807, 2.05) is 0 Å². The molecule has 0 spiro atoms. The number of carbonyl (C=O) groups is 1. The second-order valence-electron chi connectivity index (χ2n) is 9.46. The van der Waals surface area contributed by atoms with Gasteiger partial charge in [-0.05, 0) is 80.0 Å². The molecule has 4 rings (SSSR count). The van der Waals surface area contributed by atoms with Crippen LogP contribution in [0.25, 0.3) is 0 Å². The summed E-state index contributed by atoms with van der Waals surface area (Å²) in [7, 11) is 0. The normalized spacial score (nSPS) is 49.7. The largest absolute Gasteiger partial charge is 0.299 e. The molecule has 0 amide bonds. The van der Waals surface area contributed by atoms with E-state index >= 15 is 0 Å². The molecule has 1 heteroatoms. The monoisotopic (exact) mass is 314 g/mol. The smallest absolute Gasteiger partial charge is 0.136 e. The van der Waals surface area contributed by atoms with Gasteiger partial charge in [-0.2, -0.15) is 0 Å². The van der Waals surface area contributed by atoms with Crippen molar-refractivity contribution in [2.24, 2.45) is 34.5 Å². The minimum Gasteiger partial charge on any atom is -0.299 e. The van der Waals surface area contributed by atoms with Crippen LogP contribution in [0.1, 0.15) is 85.0 Å². The quantitative estimate of drug-likeness (QED) is 0.548. The Morgan fingerprint density at radius 3 is 2.70 bits per heavy atom. The molecule has 4 aliphatic rings. The summed E-state index contributed by atoms with van der Waals surface area (Å²) in [6, 6.07) is 0. The Balaban J connectivity index is 1.66. The summed E-state index contributed by atoms with van der Waals surface area (Å²) in [4.78, 5) is 12.7. The number of hydrogen-bond donors (Lipinski definition) is 0. The standard InChI is InChI=1S/C22H34O/c1-4-15-8-10-17-16-9-11-19-20(23)7-5-6-13-22(19,3)18(16)12-14-21(15,17)2/h8,16-19H,4-7,9-14H2,1-3H3. The molecule has 0 radical (unpaired) electrons. The van der Waals surface area contributed by atoms with Crippen molar-refractivity contribution in [3.8, 4) is 0 Å². The first-order valence-corrected chi connectivity index (χ1v) is 10.2. The fraction of sp³-hybridized carbons (Fsp3) is 0.864. The van der Waals surface area contributed by atoms with Crippen LogP contribution >= 0.6 is 0 Å². The molecule has 0 aromatic rings. The fourth-order valence-electron chi connectivity index (χ4n) is 7.53. The lowest BCUT2D eigenvalue weighted by Crippen LogP contribution is -2.52. The highest BCUT2D eigenvalue weighted by Gasteiger charge is 2.58. The van der Waals surface area contributed by atoms with E-state index in [2.05, 4.69) is 26.8 Å². The summed E-state index contributed by atoms with van der Waals surface area (Å²) < 4.78 is 0. The molecule has 3 saturated carbocycles. The molecule has 0 aliphatic heterocycles. The maximum Gasteiger partial charge on any atom is 0.136 e. The molecule has 3 fully saturated rings. The molecule has 6 unspecified atom stereocenters. The Hall–Kier alpha value is -0.590. The molecule has 6 atom stereocenters. The fourth-order valence-corrected chi connectivity index (χ4v) is 7.53. The number of fused-ring (bicyclic) bond motifs is 5. The molecule has 4 aliphatic carbocycles. The van der Waals surface area contributed by atoms with E-state index in [-0.39, 0.29) is 0 Å². The summed E-state index contributed by atoms with van der Waals surface area (Å²) in [5, 5.41) is 0. The summed E-state index contributed by atoms with van der Waals surface area (Å²) in [5.74, 6) is 3.55. The van der Waals surface area contributed by atoms with Crippen molar-refractivity contribution < 1.29 is 4.79 Å². The molecule has 23 heavy (non-hydrogen) atoms. The van der Waals surface area contributed by atoms with E-state index in [0.717, 1.165) is 30.6 Å². The number of carbonyl (C=O) groups excluding carboxylic acids is 1. The Morgan fingerprint density at radius 1 is 1.09 bits per heavy atom. The van der Waals surface area contributed by atoms with E-state index in [1.54, 1.807) is 5.57 Å². The summed E-state index contributed by atoms with van der Waals surface area (Å²) in [6.07, 6.45) is 15.0. The zero-order chi connectivity index (χ0) is 16.2. The van der Waals surface area contributed by atoms with Crippen molar-refractivity contribution in [1.29, 1.82) is 0 Å². The molecule has 0 saturated heterocycles. The van der Waals surface area contributed by atoms with Crippen LogP contribution < -0.4 is 0 Å². The Bertz CT molecular complexity index is 532. The summed E-state index contributed by atoms with van der Waals surface area (Å²) in [6.45, 7) is 7.40. The lowest BCUT2D eigenvalue weighted by atomic mass is 9.46. The van der Waals surface area contributed by atoms with Gasteiger partial charge >= 0.3 is 0 Å². The SMILES string of the molecule is CCC1=CCC2C3CCC4C(=O)CCCCC4(C)C3CCC12C. The topological polar surface area (TPSA) is 17.1 Å². The first kappa shape index (κ1) is 15.9. The highest BCUT2D eigenvalue weighted by Crippen LogP contribution is 2.65. The summed E-state index contributed by atoms with van der Waals surface area (Å²) >= 11 is 0. The molecule has 1 nitrogen and oxygen atoms in total. The molecule has 0 heterocycles. The minimum absolute atomic E-state index is 0.312. The first-order chi connectivity index (χ1) is 11.0. The molecule has 0 bridgehead atoms.